The van der Waals surface area contributed by atoms with E-state index in [4.69, 9.17) is 0 Å². The molecule has 1 unspecified atom stereocenters. The van der Waals surface area contributed by atoms with Crippen molar-refractivity contribution in [1.82, 2.24) is 20.0 Å². The van der Waals surface area contributed by atoms with E-state index in [1.165, 1.54) is 19.3 Å². The summed E-state index contributed by atoms with van der Waals surface area (Å²) >= 11 is 0. The molecule has 0 aliphatic carbocycles. The van der Waals surface area contributed by atoms with E-state index in [2.05, 4.69) is 10.4 Å². The third-order valence-corrected chi connectivity index (χ3v) is 3.45. The first-order valence-electron chi connectivity index (χ1n) is 6.70. The number of nitrogens with zero attached hydrogens (tertiary/aromatic N) is 3. The van der Waals surface area contributed by atoms with Crippen LogP contribution in [0.1, 0.15) is 25.7 Å². The van der Waals surface area contributed by atoms with E-state index in [1.54, 1.807) is 10.9 Å². The molecule has 1 aliphatic heterocycles. The van der Waals surface area contributed by atoms with Crippen LogP contribution in [0.15, 0.2) is 18.5 Å². The lowest BCUT2D eigenvalue weighted by Gasteiger charge is -2.28. The number of piperidine rings is 1. The van der Waals surface area contributed by atoms with Gasteiger partial charge in [0, 0.05) is 45.0 Å². The molecule has 100 valence electrons. The summed E-state index contributed by atoms with van der Waals surface area (Å²) in [5.41, 5.74) is 0. The average Bonchev–Trinajstić information content (AvgIpc) is 2.90. The van der Waals surface area contributed by atoms with Crippen LogP contribution in [0.4, 0.5) is 0 Å². The Morgan fingerprint density at radius 2 is 2.44 bits per heavy atom. The van der Waals surface area contributed by atoms with Gasteiger partial charge in [-0.1, -0.05) is 6.42 Å². The van der Waals surface area contributed by atoms with Crippen molar-refractivity contribution in [2.45, 2.75) is 38.3 Å². The van der Waals surface area contributed by atoms with Gasteiger partial charge in [-0.15, -0.1) is 0 Å². The highest BCUT2D eigenvalue weighted by atomic mass is 16.2. The molecule has 0 aromatic carbocycles. The fourth-order valence-electron chi connectivity index (χ4n) is 2.35. The number of carbonyl (C=O) groups is 1. The van der Waals surface area contributed by atoms with Gasteiger partial charge >= 0.3 is 0 Å². The Balaban J connectivity index is 1.70. The second-order valence-electron chi connectivity index (χ2n) is 4.94. The van der Waals surface area contributed by atoms with Gasteiger partial charge in [0.1, 0.15) is 0 Å². The molecule has 0 spiro atoms. The van der Waals surface area contributed by atoms with E-state index in [1.807, 2.05) is 24.2 Å². The largest absolute Gasteiger partial charge is 0.344 e. The number of likely N-dealkylation sites (N-methyl/N-ethyl adjacent to an activating group) is 1. The minimum absolute atomic E-state index is 0.192. The van der Waals surface area contributed by atoms with Gasteiger partial charge in [0.05, 0.1) is 0 Å². The van der Waals surface area contributed by atoms with E-state index in [0.717, 1.165) is 13.1 Å². The Morgan fingerprint density at radius 1 is 1.56 bits per heavy atom. The summed E-state index contributed by atoms with van der Waals surface area (Å²) in [6, 6.07) is 2.34. The molecule has 1 atom stereocenters. The predicted octanol–water partition coefficient (Wildman–Crippen LogP) is 0.874. The van der Waals surface area contributed by atoms with E-state index in [0.29, 0.717) is 19.0 Å². The molecular formula is C13H22N4O. The van der Waals surface area contributed by atoms with Crippen molar-refractivity contribution < 1.29 is 4.79 Å². The highest BCUT2D eigenvalue weighted by molar-refractivity contribution is 5.75. The molecule has 2 rings (SSSR count). The molecule has 0 saturated carbocycles. The molecule has 1 aliphatic rings. The first-order valence-corrected chi connectivity index (χ1v) is 6.70. The molecule has 0 bridgehead atoms. The summed E-state index contributed by atoms with van der Waals surface area (Å²) in [4.78, 5) is 13.8. The Kier molecular flexibility index (Phi) is 4.75. The molecule has 1 N–H and O–H groups in total. The zero-order valence-electron chi connectivity index (χ0n) is 11.0. The van der Waals surface area contributed by atoms with Crippen molar-refractivity contribution >= 4 is 5.91 Å². The van der Waals surface area contributed by atoms with Gasteiger partial charge in [0.25, 0.3) is 0 Å². The molecule has 1 fully saturated rings. The fraction of sp³-hybridized carbons (Fsp3) is 0.692. The Bertz CT molecular complexity index is 357. The quantitative estimate of drug-likeness (QED) is 0.844. The van der Waals surface area contributed by atoms with Crippen LogP contribution in [-0.2, 0) is 11.3 Å². The summed E-state index contributed by atoms with van der Waals surface area (Å²) in [6.07, 6.45) is 7.85. The van der Waals surface area contributed by atoms with Crippen molar-refractivity contribution in [1.29, 1.82) is 0 Å². The van der Waals surface area contributed by atoms with Gasteiger partial charge in [0.2, 0.25) is 5.91 Å². The van der Waals surface area contributed by atoms with Gasteiger partial charge in [-0.05, 0) is 25.5 Å². The monoisotopic (exact) mass is 250 g/mol. The number of rotatable bonds is 5. The number of amides is 1. The van der Waals surface area contributed by atoms with E-state index in [-0.39, 0.29) is 5.91 Å². The molecule has 1 amide bonds. The van der Waals surface area contributed by atoms with Gasteiger partial charge in [-0.3, -0.25) is 9.48 Å². The molecule has 1 aromatic rings. The van der Waals surface area contributed by atoms with Crippen molar-refractivity contribution in [3.63, 3.8) is 0 Å². The maximum atomic E-state index is 12.0. The van der Waals surface area contributed by atoms with E-state index in [9.17, 15) is 4.79 Å². The van der Waals surface area contributed by atoms with Crippen molar-refractivity contribution in [2.24, 2.45) is 0 Å². The second-order valence-corrected chi connectivity index (χ2v) is 4.94. The first-order chi connectivity index (χ1) is 8.75. The predicted molar refractivity (Wildman–Crippen MR) is 70.1 cm³/mol. The summed E-state index contributed by atoms with van der Waals surface area (Å²) in [5, 5.41) is 7.56. The highest BCUT2D eigenvalue weighted by Crippen LogP contribution is 2.08. The number of aryl methyl sites for hydroxylation is 1. The second kappa shape index (κ2) is 6.54. The molecule has 5 heteroatoms. The van der Waals surface area contributed by atoms with Crippen LogP contribution in [0.2, 0.25) is 0 Å². The maximum Gasteiger partial charge on any atom is 0.224 e. The summed E-state index contributed by atoms with van der Waals surface area (Å²) in [5.74, 6) is 0.192. The van der Waals surface area contributed by atoms with E-state index >= 15 is 0 Å². The topological polar surface area (TPSA) is 50.2 Å². The highest BCUT2D eigenvalue weighted by Gasteiger charge is 2.17. The molecule has 1 aromatic heterocycles. The summed E-state index contributed by atoms with van der Waals surface area (Å²) in [6.45, 7) is 2.56. The van der Waals surface area contributed by atoms with Crippen molar-refractivity contribution in [2.75, 3.05) is 20.1 Å². The SMILES string of the molecule is CN(CC1CCCCN1)C(=O)CCn1cccn1. The molecule has 5 nitrogen and oxygen atoms in total. The Hall–Kier alpha value is -1.36. The van der Waals surface area contributed by atoms with Crippen LogP contribution in [0.3, 0.4) is 0 Å². The minimum Gasteiger partial charge on any atom is -0.344 e. The zero-order valence-corrected chi connectivity index (χ0v) is 11.0. The smallest absolute Gasteiger partial charge is 0.224 e. The third-order valence-electron chi connectivity index (χ3n) is 3.45. The Morgan fingerprint density at radius 3 is 3.11 bits per heavy atom. The van der Waals surface area contributed by atoms with Crippen molar-refractivity contribution in [3.8, 4) is 0 Å². The normalized spacial score (nSPS) is 19.7. The maximum absolute atomic E-state index is 12.0. The van der Waals surface area contributed by atoms with Gasteiger partial charge < -0.3 is 10.2 Å². The van der Waals surface area contributed by atoms with Crippen LogP contribution in [0.5, 0.6) is 0 Å². The number of carbonyl (C=O) groups excluding carboxylic acids is 1. The number of nitrogens with one attached hydrogen (secondary N) is 1. The lowest BCUT2D eigenvalue weighted by Crippen LogP contribution is -2.44. The number of aromatic nitrogens is 2. The first kappa shape index (κ1) is 13.1. The van der Waals surface area contributed by atoms with E-state index < -0.39 is 0 Å². The van der Waals surface area contributed by atoms with Crippen LogP contribution in [-0.4, -0.2) is 46.8 Å². The van der Waals surface area contributed by atoms with Gasteiger partial charge in [-0.25, -0.2) is 0 Å². The van der Waals surface area contributed by atoms with Gasteiger partial charge in [0.15, 0.2) is 0 Å². The van der Waals surface area contributed by atoms with Crippen LogP contribution in [0, 0.1) is 0 Å². The zero-order chi connectivity index (χ0) is 12.8. The lowest BCUT2D eigenvalue weighted by molar-refractivity contribution is -0.130. The number of hydrogen-bond donors (Lipinski definition) is 1. The third kappa shape index (κ3) is 3.84. The molecule has 0 radical (unpaired) electrons. The average molecular weight is 250 g/mol. The van der Waals surface area contributed by atoms with Crippen LogP contribution in [0.25, 0.3) is 0 Å². The van der Waals surface area contributed by atoms with Gasteiger partial charge in [-0.2, -0.15) is 5.10 Å². The molecular weight excluding hydrogens is 228 g/mol. The number of hydrogen-bond acceptors (Lipinski definition) is 3. The summed E-state index contributed by atoms with van der Waals surface area (Å²) < 4.78 is 1.80. The molecule has 2 heterocycles. The Labute approximate surface area is 108 Å². The van der Waals surface area contributed by atoms with Crippen molar-refractivity contribution in [3.05, 3.63) is 18.5 Å². The molecule has 18 heavy (non-hydrogen) atoms. The fourth-order valence-corrected chi connectivity index (χ4v) is 2.35. The molecule has 1 saturated heterocycles. The van der Waals surface area contributed by atoms with Crippen LogP contribution < -0.4 is 5.32 Å². The standard InChI is InChI=1S/C13H22N4O/c1-16(11-12-5-2-3-7-14-12)13(18)6-10-17-9-4-8-15-17/h4,8-9,12,14H,2-3,5-7,10-11H2,1H3. The van der Waals surface area contributed by atoms with Crippen LogP contribution >= 0.6 is 0 Å². The summed E-state index contributed by atoms with van der Waals surface area (Å²) in [7, 11) is 1.89. The lowest BCUT2D eigenvalue weighted by atomic mass is 10.0. The minimum atomic E-state index is 0.192.